The lowest BCUT2D eigenvalue weighted by Gasteiger charge is -2.12. The number of thioether (sulfide) groups is 1. The molecule has 0 aliphatic carbocycles. The van der Waals surface area contributed by atoms with E-state index in [1.165, 1.54) is 11.8 Å². The van der Waals surface area contributed by atoms with Crippen LogP contribution in [0.15, 0.2) is 82.7 Å². The summed E-state index contributed by atoms with van der Waals surface area (Å²) in [4.78, 5) is 16.6. The average molecular weight is 510 g/mol. The number of carbonyl (C=O) groups is 1. The topological polar surface area (TPSA) is 81.9 Å². The highest BCUT2D eigenvalue weighted by Gasteiger charge is 2.18. The van der Waals surface area contributed by atoms with E-state index in [9.17, 15) is 4.79 Å². The van der Waals surface area contributed by atoms with Gasteiger partial charge >= 0.3 is 0 Å². The van der Waals surface area contributed by atoms with E-state index in [4.69, 9.17) is 4.74 Å². The Morgan fingerprint density at radius 1 is 1.06 bits per heavy atom. The molecule has 0 atom stereocenters. The molecule has 2 heterocycles. The van der Waals surface area contributed by atoms with Gasteiger partial charge in [-0.25, -0.2) is 0 Å². The van der Waals surface area contributed by atoms with Crippen LogP contribution in [-0.4, -0.2) is 38.0 Å². The quantitative estimate of drug-likeness (QED) is 0.328. The van der Waals surface area contributed by atoms with Crippen LogP contribution in [0.3, 0.4) is 0 Å². The molecule has 4 aromatic rings. The molecule has 32 heavy (non-hydrogen) atoms. The number of hydrogen-bond donors (Lipinski definition) is 1. The van der Waals surface area contributed by atoms with Crippen molar-refractivity contribution in [3.05, 3.63) is 77.5 Å². The van der Waals surface area contributed by atoms with Crippen LogP contribution in [0, 0.1) is 0 Å². The molecule has 0 unspecified atom stereocenters. The zero-order valence-electron chi connectivity index (χ0n) is 17.2. The first kappa shape index (κ1) is 22.0. The van der Waals surface area contributed by atoms with Crippen LogP contribution in [0.5, 0.6) is 5.75 Å². The lowest BCUT2D eigenvalue weighted by atomic mass is 10.2. The maximum Gasteiger partial charge on any atom is 0.234 e. The minimum absolute atomic E-state index is 0.131. The van der Waals surface area contributed by atoms with E-state index in [1.807, 2.05) is 72.2 Å². The van der Waals surface area contributed by atoms with Crippen LogP contribution in [-0.2, 0) is 4.79 Å². The van der Waals surface area contributed by atoms with Crippen molar-refractivity contribution in [2.75, 3.05) is 17.7 Å². The predicted molar refractivity (Wildman–Crippen MR) is 129 cm³/mol. The standard InChI is InChI=1S/C23H20BrN5O2S/c1-2-31-18-9-7-17(8-10-18)29-22(16-11-13-25-14-12-16)27-28-23(29)32-15-21(30)26-20-6-4-3-5-19(20)24/h3-14H,2,15H2,1H3,(H,26,30). The number of carbonyl (C=O) groups excluding carboxylic acids is 1. The van der Waals surface area contributed by atoms with Crippen LogP contribution >= 0.6 is 27.7 Å². The van der Waals surface area contributed by atoms with E-state index in [1.54, 1.807) is 12.4 Å². The van der Waals surface area contributed by atoms with Crippen molar-refractivity contribution in [3.8, 4) is 22.8 Å². The molecule has 9 heteroatoms. The number of rotatable bonds is 8. The number of anilines is 1. The number of nitrogens with zero attached hydrogens (tertiary/aromatic N) is 4. The highest BCUT2D eigenvalue weighted by atomic mass is 79.9. The molecule has 0 aliphatic heterocycles. The van der Waals surface area contributed by atoms with Gasteiger partial charge in [0, 0.05) is 28.1 Å². The van der Waals surface area contributed by atoms with Crippen LogP contribution in [0.1, 0.15) is 6.92 Å². The molecular formula is C23H20BrN5O2S. The van der Waals surface area contributed by atoms with E-state index >= 15 is 0 Å². The van der Waals surface area contributed by atoms with Crippen molar-refractivity contribution in [1.29, 1.82) is 0 Å². The van der Waals surface area contributed by atoms with E-state index in [2.05, 4.69) is 36.4 Å². The molecule has 0 saturated heterocycles. The van der Waals surface area contributed by atoms with Crippen molar-refractivity contribution in [1.82, 2.24) is 19.7 Å². The Bertz CT molecular complexity index is 1200. The van der Waals surface area contributed by atoms with Gasteiger partial charge in [0.2, 0.25) is 5.91 Å². The first-order valence-electron chi connectivity index (χ1n) is 9.92. The van der Waals surface area contributed by atoms with Crippen LogP contribution in [0.2, 0.25) is 0 Å². The number of hydrogen-bond acceptors (Lipinski definition) is 6. The lowest BCUT2D eigenvalue weighted by Crippen LogP contribution is -2.15. The zero-order valence-corrected chi connectivity index (χ0v) is 19.6. The lowest BCUT2D eigenvalue weighted by molar-refractivity contribution is -0.113. The average Bonchev–Trinajstić information content (AvgIpc) is 3.24. The number of halogens is 1. The summed E-state index contributed by atoms with van der Waals surface area (Å²) in [5.41, 5.74) is 2.48. The van der Waals surface area contributed by atoms with E-state index < -0.39 is 0 Å². The molecule has 162 valence electrons. The van der Waals surface area contributed by atoms with E-state index in [0.717, 1.165) is 27.2 Å². The zero-order chi connectivity index (χ0) is 22.3. The summed E-state index contributed by atoms with van der Waals surface area (Å²) < 4.78 is 8.32. The molecular weight excluding hydrogens is 490 g/mol. The van der Waals surface area contributed by atoms with Crippen molar-refractivity contribution in [2.24, 2.45) is 0 Å². The van der Waals surface area contributed by atoms with E-state index in [-0.39, 0.29) is 11.7 Å². The van der Waals surface area contributed by atoms with Gasteiger partial charge in [-0.2, -0.15) is 0 Å². The third kappa shape index (κ3) is 5.17. The second-order valence-electron chi connectivity index (χ2n) is 6.62. The molecule has 0 radical (unpaired) electrons. The second kappa shape index (κ2) is 10.4. The molecule has 0 bridgehead atoms. The third-order valence-corrected chi connectivity index (χ3v) is 6.08. The normalized spacial score (nSPS) is 10.7. The van der Waals surface area contributed by atoms with E-state index in [0.29, 0.717) is 17.6 Å². The Morgan fingerprint density at radius 2 is 1.81 bits per heavy atom. The van der Waals surface area contributed by atoms with Crippen LogP contribution < -0.4 is 10.1 Å². The van der Waals surface area contributed by atoms with Gasteiger partial charge in [0.15, 0.2) is 11.0 Å². The highest BCUT2D eigenvalue weighted by molar-refractivity contribution is 9.10. The van der Waals surface area contributed by atoms with Gasteiger partial charge in [-0.3, -0.25) is 14.3 Å². The van der Waals surface area contributed by atoms with Crippen molar-refractivity contribution in [2.45, 2.75) is 12.1 Å². The summed E-state index contributed by atoms with van der Waals surface area (Å²) in [6.07, 6.45) is 3.43. The summed E-state index contributed by atoms with van der Waals surface area (Å²) in [7, 11) is 0. The second-order valence-corrected chi connectivity index (χ2v) is 8.42. The third-order valence-electron chi connectivity index (χ3n) is 4.46. The fourth-order valence-electron chi connectivity index (χ4n) is 3.02. The SMILES string of the molecule is CCOc1ccc(-n2c(SCC(=O)Nc3ccccc3Br)nnc2-c2ccncc2)cc1. The van der Waals surface area contributed by atoms with Crippen molar-refractivity contribution >= 4 is 39.3 Å². The summed E-state index contributed by atoms with van der Waals surface area (Å²) in [5, 5.41) is 12.3. The molecule has 2 aromatic heterocycles. The highest BCUT2D eigenvalue weighted by Crippen LogP contribution is 2.29. The van der Waals surface area contributed by atoms with Gasteiger partial charge in [0.25, 0.3) is 0 Å². The fourth-order valence-corrected chi connectivity index (χ4v) is 4.16. The summed E-state index contributed by atoms with van der Waals surface area (Å²) in [5.74, 6) is 1.52. The predicted octanol–water partition coefficient (Wildman–Crippen LogP) is 5.22. The number of benzene rings is 2. The van der Waals surface area contributed by atoms with Gasteiger partial charge in [-0.15, -0.1) is 10.2 Å². The minimum Gasteiger partial charge on any atom is -0.494 e. The first-order chi connectivity index (χ1) is 15.7. The largest absolute Gasteiger partial charge is 0.494 e. The molecule has 1 amide bonds. The monoisotopic (exact) mass is 509 g/mol. The van der Waals surface area contributed by atoms with Crippen molar-refractivity contribution < 1.29 is 9.53 Å². The molecule has 0 aliphatic rings. The smallest absolute Gasteiger partial charge is 0.234 e. The molecule has 0 saturated carbocycles. The van der Waals surface area contributed by atoms with Gasteiger partial charge < -0.3 is 10.1 Å². The summed E-state index contributed by atoms with van der Waals surface area (Å²) in [6.45, 7) is 2.55. The molecule has 7 nitrogen and oxygen atoms in total. The summed E-state index contributed by atoms with van der Waals surface area (Å²) in [6, 6.07) is 19.0. The molecule has 1 N–H and O–H groups in total. The van der Waals surface area contributed by atoms with Crippen LogP contribution in [0.25, 0.3) is 17.1 Å². The van der Waals surface area contributed by atoms with Crippen molar-refractivity contribution in [3.63, 3.8) is 0 Å². The Balaban J connectivity index is 1.60. The number of amides is 1. The van der Waals surface area contributed by atoms with Gasteiger partial charge in [-0.1, -0.05) is 23.9 Å². The van der Waals surface area contributed by atoms with Gasteiger partial charge in [-0.05, 0) is 71.4 Å². The number of pyridine rings is 1. The number of aromatic nitrogens is 4. The Morgan fingerprint density at radius 3 is 2.53 bits per heavy atom. The number of para-hydroxylation sites is 1. The van der Waals surface area contributed by atoms with Gasteiger partial charge in [0.1, 0.15) is 5.75 Å². The molecule has 0 spiro atoms. The van der Waals surface area contributed by atoms with Crippen LogP contribution in [0.4, 0.5) is 5.69 Å². The van der Waals surface area contributed by atoms with Gasteiger partial charge in [0.05, 0.1) is 18.0 Å². The Labute approximate surface area is 198 Å². The molecule has 4 rings (SSSR count). The fraction of sp³-hybridized carbons (Fsp3) is 0.130. The first-order valence-corrected chi connectivity index (χ1v) is 11.7. The Kier molecular flexibility index (Phi) is 7.18. The molecule has 0 fully saturated rings. The minimum atomic E-state index is -0.131. The maximum atomic E-state index is 12.5. The number of ether oxygens (including phenoxy) is 1. The molecule has 2 aromatic carbocycles. The maximum absolute atomic E-state index is 12.5. The number of nitrogens with one attached hydrogen (secondary N) is 1. The Hall–Kier alpha value is -3.17. The summed E-state index contributed by atoms with van der Waals surface area (Å²) >= 11 is 4.77.